The molecule has 262 valence electrons. The van der Waals surface area contributed by atoms with E-state index in [0.717, 1.165) is 11.4 Å². The monoisotopic (exact) mass is 704 g/mol. The summed E-state index contributed by atoms with van der Waals surface area (Å²) in [6.07, 6.45) is 5.00. The van der Waals surface area contributed by atoms with E-state index >= 15 is 0 Å². The summed E-state index contributed by atoms with van der Waals surface area (Å²) in [5.74, 6) is 0. The number of rotatable bonds is 6. The van der Waals surface area contributed by atoms with Crippen molar-refractivity contribution in [3.63, 3.8) is 0 Å². The predicted octanol–water partition coefficient (Wildman–Crippen LogP) is 14.4. The molecule has 1 saturated carbocycles. The van der Waals surface area contributed by atoms with Crippen molar-refractivity contribution >= 4 is 38.9 Å². The van der Waals surface area contributed by atoms with Gasteiger partial charge in [0.05, 0.1) is 11.0 Å². The van der Waals surface area contributed by atoms with Gasteiger partial charge in [-0.25, -0.2) is 0 Å². The van der Waals surface area contributed by atoms with Crippen LogP contribution in [0.4, 0.5) is 17.1 Å². The zero-order valence-corrected chi connectivity index (χ0v) is 30.7. The first-order valence-corrected chi connectivity index (χ1v) is 19.6. The van der Waals surface area contributed by atoms with E-state index in [0.29, 0.717) is 0 Å². The third-order valence-electron chi connectivity index (χ3n) is 12.3. The van der Waals surface area contributed by atoms with Gasteiger partial charge in [0.2, 0.25) is 0 Å². The van der Waals surface area contributed by atoms with E-state index in [1.54, 1.807) is 0 Å². The van der Waals surface area contributed by atoms with Gasteiger partial charge >= 0.3 is 0 Å². The summed E-state index contributed by atoms with van der Waals surface area (Å²) >= 11 is 0. The zero-order valence-electron chi connectivity index (χ0n) is 30.7. The van der Waals surface area contributed by atoms with E-state index in [9.17, 15) is 0 Å². The van der Waals surface area contributed by atoms with Crippen LogP contribution in [0.1, 0.15) is 36.8 Å². The number of aromatic nitrogens is 1. The number of anilines is 3. The van der Waals surface area contributed by atoms with Gasteiger partial charge in [0.15, 0.2) is 0 Å². The van der Waals surface area contributed by atoms with Crippen LogP contribution in [0, 0.1) is 0 Å². The molecule has 1 fully saturated rings. The highest BCUT2D eigenvalue weighted by molar-refractivity contribution is 6.10. The van der Waals surface area contributed by atoms with Crippen molar-refractivity contribution in [2.45, 2.75) is 31.1 Å². The molecule has 0 saturated heterocycles. The Kier molecular flexibility index (Phi) is 7.38. The number of fused-ring (bicyclic) bond motifs is 8. The van der Waals surface area contributed by atoms with Crippen molar-refractivity contribution in [1.29, 1.82) is 0 Å². The van der Waals surface area contributed by atoms with Crippen molar-refractivity contribution in [2.75, 3.05) is 4.90 Å². The molecule has 8 aromatic carbocycles. The topological polar surface area (TPSA) is 8.17 Å². The Bertz CT molecular complexity index is 2840. The molecule has 0 N–H and O–H groups in total. The summed E-state index contributed by atoms with van der Waals surface area (Å²) in [6, 6.07) is 71.6. The third-order valence-corrected chi connectivity index (χ3v) is 12.3. The Morgan fingerprint density at radius 3 is 1.67 bits per heavy atom. The molecule has 2 aliphatic carbocycles. The average Bonchev–Trinajstić information content (AvgIpc) is 3.96. The number of hydrogen-bond donors (Lipinski definition) is 0. The average molecular weight is 705 g/mol. The van der Waals surface area contributed by atoms with Gasteiger partial charge in [0.25, 0.3) is 0 Å². The minimum Gasteiger partial charge on any atom is -0.310 e. The van der Waals surface area contributed by atoms with Crippen LogP contribution in [0.15, 0.2) is 194 Å². The maximum absolute atomic E-state index is 2.51. The van der Waals surface area contributed by atoms with Crippen molar-refractivity contribution in [3.8, 4) is 39.1 Å². The van der Waals surface area contributed by atoms with Gasteiger partial charge < -0.3 is 9.47 Å². The Morgan fingerprint density at radius 2 is 0.927 bits per heavy atom. The van der Waals surface area contributed by atoms with E-state index < -0.39 is 0 Å². The molecule has 2 aliphatic rings. The highest BCUT2D eigenvalue weighted by Crippen LogP contribution is 2.57. The van der Waals surface area contributed by atoms with Crippen LogP contribution in [0.25, 0.3) is 60.9 Å². The van der Waals surface area contributed by atoms with E-state index in [4.69, 9.17) is 0 Å². The molecule has 1 heterocycles. The minimum absolute atomic E-state index is 0.108. The fraction of sp³-hybridized carbons (Fsp3) is 0.0943. The molecular formula is C53H40N2. The molecular weight excluding hydrogens is 665 g/mol. The first-order chi connectivity index (χ1) is 27.2. The fourth-order valence-electron chi connectivity index (χ4n) is 9.79. The molecule has 0 aliphatic heterocycles. The van der Waals surface area contributed by atoms with Crippen LogP contribution < -0.4 is 4.90 Å². The molecule has 11 rings (SSSR count). The van der Waals surface area contributed by atoms with E-state index in [-0.39, 0.29) is 5.41 Å². The van der Waals surface area contributed by atoms with Crippen LogP contribution >= 0.6 is 0 Å². The maximum Gasteiger partial charge on any atom is 0.0541 e. The number of hydrogen-bond acceptors (Lipinski definition) is 1. The maximum atomic E-state index is 2.51. The number of para-hydroxylation sites is 2. The summed E-state index contributed by atoms with van der Waals surface area (Å²) in [7, 11) is 0. The summed E-state index contributed by atoms with van der Waals surface area (Å²) in [6.45, 7) is 0. The second-order valence-electron chi connectivity index (χ2n) is 15.3. The molecule has 2 nitrogen and oxygen atoms in total. The van der Waals surface area contributed by atoms with Gasteiger partial charge in [0.1, 0.15) is 0 Å². The highest BCUT2D eigenvalue weighted by atomic mass is 15.1. The van der Waals surface area contributed by atoms with E-state index in [1.165, 1.54) is 103 Å². The molecule has 1 spiro atoms. The van der Waals surface area contributed by atoms with Crippen molar-refractivity contribution < 1.29 is 0 Å². The van der Waals surface area contributed by atoms with Gasteiger partial charge in [-0.2, -0.15) is 0 Å². The summed E-state index contributed by atoms with van der Waals surface area (Å²) in [5, 5.41) is 2.53. The van der Waals surface area contributed by atoms with Crippen LogP contribution in [0.2, 0.25) is 0 Å². The predicted molar refractivity (Wildman–Crippen MR) is 231 cm³/mol. The van der Waals surface area contributed by atoms with Crippen molar-refractivity contribution in [2.24, 2.45) is 0 Å². The molecule has 9 aromatic rings. The van der Waals surface area contributed by atoms with Crippen LogP contribution in [-0.2, 0) is 5.41 Å². The molecule has 0 bridgehead atoms. The Hall–Kier alpha value is -6.64. The Balaban J connectivity index is 1.02. The smallest absolute Gasteiger partial charge is 0.0541 e. The SMILES string of the molecule is c1ccc(-c2ccc(N(c3ccc(-c4ccc5c(c4)c4ccccc4n5-c4ccccc4)cc3)c3ccc4c(c3)C3(CCCC3)c3ccccc3-4)cc2)cc1. The van der Waals surface area contributed by atoms with E-state index in [2.05, 4.69) is 204 Å². The molecule has 2 heteroatoms. The lowest BCUT2D eigenvalue weighted by Gasteiger charge is -2.30. The first kappa shape index (κ1) is 31.8. The van der Waals surface area contributed by atoms with Gasteiger partial charge in [-0.15, -0.1) is 0 Å². The summed E-state index contributed by atoms with van der Waals surface area (Å²) in [5.41, 5.74) is 17.9. The fourth-order valence-corrected chi connectivity index (χ4v) is 9.79. The molecule has 0 unspecified atom stereocenters. The molecule has 0 radical (unpaired) electrons. The van der Waals surface area contributed by atoms with Gasteiger partial charge in [-0.05, 0) is 124 Å². The van der Waals surface area contributed by atoms with Crippen LogP contribution in [0.5, 0.6) is 0 Å². The lowest BCUT2D eigenvalue weighted by atomic mass is 9.76. The summed E-state index contributed by atoms with van der Waals surface area (Å²) in [4.78, 5) is 2.45. The quantitative estimate of drug-likeness (QED) is 0.167. The molecule has 55 heavy (non-hydrogen) atoms. The lowest BCUT2D eigenvalue weighted by Crippen LogP contribution is -2.21. The Labute approximate surface area is 322 Å². The standard InChI is InChI=1S/C53H40N2/c1-3-13-37(14-4-1)38-21-26-42(27-22-38)54(44-30-31-46-45-17-7-9-19-49(45)53(50(46)36-44)33-11-12-34-53)43-28-23-39(24-29-43)40-25-32-52-48(35-40)47-18-8-10-20-51(47)55(52)41-15-5-2-6-16-41/h1-10,13-32,35-36H,11-12,33-34H2. The first-order valence-electron chi connectivity index (χ1n) is 19.6. The normalized spacial score (nSPS) is 14.0. The van der Waals surface area contributed by atoms with Gasteiger partial charge in [-0.3, -0.25) is 0 Å². The minimum atomic E-state index is 0.108. The second-order valence-corrected chi connectivity index (χ2v) is 15.3. The molecule has 0 atom stereocenters. The van der Waals surface area contributed by atoms with Gasteiger partial charge in [0, 0.05) is 38.9 Å². The largest absolute Gasteiger partial charge is 0.310 e. The summed E-state index contributed by atoms with van der Waals surface area (Å²) < 4.78 is 2.38. The number of benzene rings is 8. The van der Waals surface area contributed by atoms with Gasteiger partial charge in [-0.1, -0.05) is 140 Å². The van der Waals surface area contributed by atoms with Crippen LogP contribution in [-0.4, -0.2) is 4.57 Å². The van der Waals surface area contributed by atoms with Crippen molar-refractivity contribution in [3.05, 3.63) is 205 Å². The third kappa shape index (κ3) is 5.09. The van der Waals surface area contributed by atoms with Crippen molar-refractivity contribution in [1.82, 2.24) is 4.57 Å². The second kappa shape index (κ2) is 12.7. The Morgan fingerprint density at radius 1 is 0.382 bits per heavy atom. The number of nitrogens with zero attached hydrogens (tertiary/aromatic N) is 2. The molecule has 1 aromatic heterocycles. The molecule has 0 amide bonds. The highest BCUT2D eigenvalue weighted by Gasteiger charge is 2.45. The van der Waals surface area contributed by atoms with Crippen LogP contribution in [0.3, 0.4) is 0 Å². The zero-order chi connectivity index (χ0) is 36.3. The van der Waals surface area contributed by atoms with E-state index in [1.807, 2.05) is 0 Å². The lowest BCUT2D eigenvalue weighted by molar-refractivity contribution is 0.550.